The summed E-state index contributed by atoms with van der Waals surface area (Å²) in [5.41, 5.74) is 1.53. The van der Waals surface area contributed by atoms with Gasteiger partial charge in [0, 0.05) is 16.9 Å². The van der Waals surface area contributed by atoms with Crippen molar-refractivity contribution in [1.29, 1.82) is 5.26 Å². The monoisotopic (exact) mass is 223 g/mol. The van der Waals surface area contributed by atoms with Gasteiger partial charge in [0.05, 0.1) is 6.07 Å². The molecule has 1 nitrogen and oxygen atoms in total. The minimum absolute atomic E-state index is 0.399. The lowest BCUT2D eigenvalue weighted by molar-refractivity contribution is 0.397. The SMILES string of the molecule is CC1=CCC(SCCC#N)(C(C)C)CC1. The van der Waals surface area contributed by atoms with Crippen molar-refractivity contribution in [2.75, 3.05) is 5.75 Å². The first-order valence-corrected chi connectivity index (χ1v) is 6.76. The van der Waals surface area contributed by atoms with Gasteiger partial charge in [-0.3, -0.25) is 0 Å². The topological polar surface area (TPSA) is 23.8 Å². The number of nitrogens with zero attached hydrogens (tertiary/aromatic N) is 1. The first-order chi connectivity index (χ1) is 7.10. The van der Waals surface area contributed by atoms with E-state index >= 15 is 0 Å². The highest BCUT2D eigenvalue weighted by molar-refractivity contribution is 8.00. The Morgan fingerprint density at radius 2 is 2.33 bits per heavy atom. The van der Waals surface area contributed by atoms with Crippen LogP contribution in [-0.2, 0) is 0 Å². The maximum atomic E-state index is 8.59. The standard InChI is InChI=1S/C13H21NS/c1-11(2)13(15-10-4-9-14)7-5-12(3)6-8-13/h5,11H,4,6-8,10H2,1-3H3. The third-order valence-corrected chi connectivity index (χ3v) is 5.22. The van der Waals surface area contributed by atoms with Gasteiger partial charge in [0.25, 0.3) is 0 Å². The van der Waals surface area contributed by atoms with E-state index in [1.54, 1.807) is 0 Å². The quantitative estimate of drug-likeness (QED) is 0.528. The van der Waals surface area contributed by atoms with Crippen LogP contribution in [0.1, 0.15) is 46.5 Å². The molecule has 1 rings (SSSR count). The lowest BCUT2D eigenvalue weighted by Gasteiger charge is -2.39. The van der Waals surface area contributed by atoms with E-state index in [4.69, 9.17) is 5.26 Å². The van der Waals surface area contributed by atoms with E-state index in [0.29, 0.717) is 17.1 Å². The smallest absolute Gasteiger partial charge is 0.0630 e. The van der Waals surface area contributed by atoms with Crippen LogP contribution in [0.3, 0.4) is 0 Å². The van der Waals surface area contributed by atoms with Gasteiger partial charge in [0.2, 0.25) is 0 Å². The highest BCUT2D eigenvalue weighted by atomic mass is 32.2. The predicted octanol–water partition coefficient (Wildman–Crippen LogP) is 4.16. The Morgan fingerprint density at radius 3 is 2.80 bits per heavy atom. The molecule has 1 atom stereocenters. The summed E-state index contributed by atoms with van der Waals surface area (Å²) in [6.45, 7) is 6.85. The van der Waals surface area contributed by atoms with E-state index in [2.05, 4.69) is 32.9 Å². The Bertz CT molecular complexity index is 275. The summed E-state index contributed by atoms with van der Waals surface area (Å²) >= 11 is 2.01. The van der Waals surface area contributed by atoms with E-state index in [0.717, 1.165) is 5.75 Å². The number of allylic oxidation sites excluding steroid dienone is 2. The zero-order valence-corrected chi connectivity index (χ0v) is 10.9. The molecule has 0 radical (unpaired) electrons. The third kappa shape index (κ3) is 3.28. The van der Waals surface area contributed by atoms with Crippen molar-refractivity contribution in [3.63, 3.8) is 0 Å². The molecule has 15 heavy (non-hydrogen) atoms. The van der Waals surface area contributed by atoms with Gasteiger partial charge < -0.3 is 0 Å². The molecule has 0 aromatic carbocycles. The van der Waals surface area contributed by atoms with Gasteiger partial charge in [0.15, 0.2) is 0 Å². The Balaban J connectivity index is 2.61. The molecule has 0 aromatic rings. The van der Waals surface area contributed by atoms with Crippen LogP contribution in [0.5, 0.6) is 0 Å². The van der Waals surface area contributed by atoms with Gasteiger partial charge in [-0.05, 0) is 32.1 Å². The molecule has 0 saturated carbocycles. The van der Waals surface area contributed by atoms with Gasteiger partial charge in [0.1, 0.15) is 0 Å². The van der Waals surface area contributed by atoms with Crippen molar-refractivity contribution in [3.05, 3.63) is 11.6 Å². The predicted molar refractivity (Wildman–Crippen MR) is 67.9 cm³/mol. The zero-order chi connectivity index (χ0) is 11.3. The van der Waals surface area contributed by atoms with Gasteiger partial charge in [-0.2, -0.15) is 17.0 Å². The largest absolute Gasteiger partial charge is 0.198 e. The zero-order valence-electron chi connectivity index (χ0n) is 10.0. The summed E-state index contributed by atoms with van der Waals surface area (Å²) in [5, 5.41) is 8.59. The Labute approximate surface area is 97.9 Å². The van der Waals surface area contributed by atoms with E-state index in [1.165, 1.54) is 24.8 Å². The Kier molecular flexibility index (Phi) is 4.73. The molecule has 0 aliphatic heterocycles. The van der Waals surface area contributed by atoms with Crippen LogP contribution >= 0.6 is 11.8 Å². The summed E-state index contributed by atoms with van der Waals surface area (Å²) < 4.78 is 0.399. The van der Waals surface area contributed by atoms with Crippen molar-refractivity contribution in [3.8, 4) is 6.07 Å². The van der Waals surface area contributed by atoms with E-state index in [1.807, 2.05) is 11.8 Å². The average molecular weight is 223 g/mol. The average Bonchev–Trinajstić information content (AvgIpc) is 2.21. The van der Waals surface area contributed by atoms with Gasteiger partial charge in [-0.15, -0.1) is 0 Å². The minimum atomic E-state index is 0.399. The Hall–Kier alpha value is -0.420. The number of hydrogen-bond donors (Lipinski definition) is 0. The molecule has 0 aromatic heterocycles. The first-order valence-electron chi connectivity index (χ1n) is 5.77. The lowest BCUT2D eigenvalue weighted by atomic mass is 9.82. The lowest BCUT2D eigenvalue weighted by Crippen LogP contribution is -2.33. The van der Waals surface area contributed by atoms with Crippen molar-refractivity contribution >= 4 is 11.8 Å². The summed E-state index contributed by atoms with van der Waals surface area (Å²) in [6, 6.07) is 2.24. The number of rotatable bonds is 4. The summed E-state index contributed by atoms with van der Waals surface area (Å²) in [5.74, 6) is 1.69. The van der Waals surface area contributed by atoms with Crippen LogP contribution in [0.25, 0.3) is 0 Å². The fourth-order valence-electron chi connectivity index (χ4n) is 2.08. The van der Waals surface area contributed by atoms with Crippen LogP contribution in [0.15, 0.2) is 11.6 Å². The number of nitriles is 1. The van der Waals surface area contributed by atoms with Crippen LogP contribution in [0.2, 0.25) is 0 Å². The second-order valence-electron chi connectivity index (χ2n) is 4.73. The van der Waals surface area contributed by atoms with Gasteiger partial charge in [-0.25, -0.2) is 0 Å². The Morgan fingerprint density at radius 1 is 1.60 bits per heavy atom. The molecule has 0 heterocycles. The van der Waals surface area contributed by atoms with Crippen LogP contribution in [0.4, 0.5) is 0 Å². The van der Waals surface area contributed by atoms with Crippen LogP contribution in [-0.4, -0.2) is 10.5 Å². The van der Waals surface area contributed by atoms with E-state index in [-0.39, 0.29) is 0 Å². The van der Waals surface area contributed by atoms with Crippen LogP contribution < -0.4 is 0 Å². The second kappa shape index (κ2) is 5.61. The molecular formula is C13H21NS. The second-order valence-corrected chi connectivity index (χ2v) is 6.24. The molecule has 0 N–H and O–H groups in total. The van der Waals surface area contributed by atoms with Gasteiger partial charge >= 0.3 is 0 Å². The molecule has 0 saturated heterocycles. The molecule has 2 heteroatoms. The highest BCUT2D eigenvalue weighted by Crippen LogP contribution is 2.44. The maximum Gasteiger partial charge on any atom is 0.0630 e. The van der Waals surface area contributed by atoms with Crippen LogP contribution in [0, 0.1) is 17.2 Å². The molecule has 1 aliphatic rings. The van der Waals surface area contributed by atoms with E-state index < -0.39 is 0 Å². The van der Waals surface area contributed by atoms with Crippen molar-refractivity contribution in [2.24, 2.45) is 5.92 Å². The normalized spacial score (nSPS) is 26.2. The summed E-state index contributed by atoms with van der Waals surface area (Å²) in [7, 11) is 0. The fourth-order valence-corrected chi connectivity index (χ4v) is 3.46. The fraction of sp³-hybridized carbons (Fsp3) is 0.769. The number of hydrogen-bond acceptors (Lipinski definition) is 2. The molecule has 84 valence electrons. The molecule has 0 fully saturated rings. The summed E-state index contributed by atoms with van der Waals surface area (Å²) in [4.78, 5) is 0. The maximum absolute atomic E-state index is 8.59. The van der Waals surface area contributed by atoms with E-state index in [9.17, 15) is 0 Å². The molecule has 0 bridgehead atoms. The van der Waals surface area contributed by atoms with Crippen molar-refractivity contribution < 1.29 is 0 Å². The molecule has 0 spiro atoms. The number of thioether (sulfide) groups is 1. The van der Waals surface area contributed by atoms with Crippen molar-refractivity contribution in [2.45, 2.75) is 51.2 Å². The van der Waals surface area contributed by atoms with Gasteiger partial charge in [-0.1, -0.05) is 25.5 Å². The minimum Gasteiger partial charge on any atom is -0.198 e. The third-order valence-electron chi connectivity index (χ3n) is 3.39. The molecule has 0 amide bonds. The summed E-state index contributed by atoms with van der Waals surface area (Å²) in [6.07, 6.45) is 6.78. The first kappa shape index (κ1) is 12.6. The molecule has 1 aliphatic carbocycles. The molecular weight excluding hydrogens is 202 g/mol. The molecule has 1 unspecified atom stereocenters. The van der Waals surface area contributed by atoms with Crippen molar-refractivity contribution in [1.82, 2.24) is 0 Å². The highest BCUT2D eigenvalue weighted by Gasteiger charge is 2.34.